The summed E-state index contributed by atoms with van der Waals surface area (Å²) in [4.78, 5) is 0.433. The summed E-state index contributed by atoms with van der Waals surface area (Å²) in [5, 5.41) is 0. The molecule has 0 spiro atoms. The van der Waals surface area contributed by atoms with Gasteiger partial charge < -0.3 is 0 Å². The lowest BCUT2D eigenvalue weighted by molar-refractivity contribution is 0.584. The smallest absolute Gasteiger partial charge is 0.207 e. The molecule has 0 radical (unpaired) electrons. The van der Waals surface area contributed by atoms with Crippen molar-refractivity contribution in [3.8, 4) is 10.4 Å². The van der Waals surface area contributed by atoms with E-state index in [1.165, 1.54) is 12.1 Å². The molecule has 0 saturated heterocycles. The number of rotatable bonds is 2. The van der Waals surface area contributed by atoms with E-state index in [-0.39, 0.29) is 9.77 Å². The minimum absolute atomic E-state index is 0.0566. The summed E-state index contributed by atoms with van der Waals surface area (Å²) in [5.41, 5.74) is 0.277. The Labute approximate surface area is 105 Å². The highest BCUT2D eigenvalue weighted by Gasteiger charge is 2.14. The molecule has 90 valence electrons. The Morgan fingerprint density at radius 2 is 1.65 bits per heavy atom. The van der Waals surface area contributed by atoms with Crippen LogP contribution in [-0.2, 0) is 9.05 Å². The first kappa shape index (κ1) is 12.5. The Hall–Kier alpha value is -0.980. The van der Waals surface area contributed by atoms with Crippen LogP contribution in [0.1, 0.15) is 0 Å². The Morgan fingerprint density at radius 1 is 1.06 bits per heavy atom. The van der Waals surface area contributed by atoms with Gasteiger partial charge in [0.25, 0.3) is 9.05 Å². The standard InChI is InChI=1S/C10H5ClF2O2S2/c11-17(14,15)10-2-1-9(16-10)6-3-7(12)5-8(13)4-6/h1-5H. The first-order valence-corrected chi connectivity index (χ1v) is 7.50. The van der Waals surface area contributed by atoms with Gasteiger partial charge in [0.1, 0.15) is 15.8 Å². The predicted octanol–water partition coefficient (Wildman–Crippen LogP) is 3.62. The zero-order valence-corrected chi connectivity index (χ0v) is 10.5. The van der Waals surface area contributed by atoms with Gasteiger partial charge in [0.05, 0.1) is 0 Å². The van der Waals surface area contributed by atoms with Crippen molar-refractivity contribution in [2.75, 3.05) is 0 Å². The van der Waals surface area contributed by atoms with Crippen molar-refractivity contribution in [3.05, 3.63) is 42.0 Å². The van der Waals surface area contributed by atoms with Crippen LogP contribution in [0.2, 0.25) is 0 Å². The maximum Gasteiger partial charge on any atom is 0.270 e. The van der Waals surface area contributed by atoms with Crippen LogP contribution in [0.5, 0.6) is 0 Å². The van der Waals surface area contributed by atoms with Gasteiger partial charge >= 0.3 is 0 Å². The minimum atomic E-state index is -3.81. The summed E-state index contributed by atoms with van der Waals surface area (Å²) in [6.07, 6.45) is 0. The lowest BCUT2D eigenvalue weighted by Gasteiger charge is -1.98. The molecule has 0 aliphatic rings. The molecule has 2 nitrogen and oxygen atoms in total. The number of hydrogen-bond donors (Lipinski definition) is 0. The van der Waals surface area contributed by atoms with E-state index < -0.39 is 20.7 Å². The lowest BCUT2D eigenvalue weighted by Crippen LogP contribution is -1.83. The van der Waals surface area contributed by atoms with Crippen molar-refractivity contribution in [1.29, 1.82) is 0 Å². The van der Waals surface area contributed by atoms with Crippen molar-refractivity contribution in [3.63, 3.8) is 0 Å². The van der Waals surface area contributed by atoms with Crippen LogP contribution in [0.15, 0.2) is 34.5 Å². The van der Waals surface area contributed by atoms with Gasteiger partial charge in [0.15, 0.2) is 0 Å². The summed E-state index contributed by atoms with van der Waals surface area (Å²) in [5.74, 6) is -1.44. The SMILES string of the molecule is O=S(=O)(Cl)c1ccc(-c2cc(F)cc(F)c2)s1. The first-order chi connectivity index (χ1) is 7.86. The molecule has 17 heavy (non-hydrogen) atoms. The number of hydrogen-bond acceptors (Lipinski definition) is 3. The van der Waals surface area contributed by atoms with E-state index in [9.17, 15) is 17.2 Å². The van der Waals surface area contributed by atoms with Crippen LogP contribution < -0.4 is 0 Å². The van der Waals surface area contributed by atoms with Gasteiger partial charge in [-0.3, -0.25) is 0 Å². The Morgan fingerprint density at radius 3 is 2.12 bits per heavy atom. The molecule has 0 aliphatic heterocycles. The van der Waals surface area contributed by atoms with Crippen LogP contribution in [0.3, 0.4) is 0 Å². The summed E-state index contributed by atoms with van der Waals surface area (Å²) >= 11 is 0.857. The van der Waals surface area contributed by atoms with E-state index >= 15 is 0 Å². The summed E-state index contributed by atoms with van der Waals surface area (Å²) < 4.78 is 48.0. The third kappa shape index (κ3) is 2.83. The predicted molar refractivity (Wildman–Crippen MR) is 62.7 cm³/mol. The molecule has 0 fully saturated rings. The van der Waals surface area contributed by atoms with E-state index in [0.29, 0.717) is 4.88 Å². The van der Waals surface area contributed by atoms with Gasteiger partial charge in [-0.05, 0) is 29.8 Å². The molecule has 0 amide bonds. The van der Waals surface area contributed by atoms with Crippen LogP contribution in [-0.4, -0.2) is 8.42 Å². The molecule has 0 unspecified atom stereocenters. The van der Waals surface area contributed by atoms with Gasteiger partial charge in [-0.15, -0.1) is 11.3 Å². The van der Waals surface area contributed by atoms with Gasteiger partial charge in [0, 0.05) is 21.6 Å². The molecule has 0 aliphatic carbocycles. The van der Waals surface area contributed by atoms with Crippen molar-refractivity contribution >= 4 is 31.1 Å². The fourth-order valence-corrected chi connectivity index (χ4v) is 3.36. The van der Waals surface area contributed by atoms with E-state index in [2.05, 4.69) is 0 Å². The summed E-state index contributed by atoms with van der Waals surface area (Å²) in [6.45, 7) is 0. The Bertz CT molecular complexity index is 644. The quantitative estimate of drug-likeness (QED) is 0.793. The number of halogens is 3. The summed E-state index contributed by atoms with van der Waals surface area (Å²) in [6, 6.07) is 5.74. The highest BCUT2D eigenvalue weighted by Crippen LogP contribution is 2.32. The van der Waals surface area contributed by atoms with E-state index in [1.807, 2.05) is 0 Å². The van der Waals surface area contributed by atoms with E-state index in [1.54, 1.807) is 0 Å². The summed E-state index contributed by atoms with van der Waals surface area (Å²) in [7, 11) is 1.35. The number of benzene rings is 1. The Kier molecular flexibility index (Phi) is 3.20. The van der Waals surface area contributed by atoms with Crippen LogP contribution in [0.4, 0.5) is 8.78 Å². The lowest BCUT2D eigenvalue weighted by atomic mass is 10.2. The Balaban J connectivity index is 2.51. The molecule has 1 aromatic carbocycles. The monoisotopic (exact) mass is 294 g/mol. The maximum atomic E-state index is 13.0. The molecule has 2 rings (SSSR count). The largest absolute Gasteiger partial charge is 0.270 e. The van der Waals surface area contributed by atoms with Crippen molar-refractivity contribution in [1.82, 2.24) is 0 Å². The van der Waals surface area contributed by atoms with Crippen LogP contribution in [0.25, 0.3) is 10.4 Å². The fraction of sp³-hybridized carbons (Fsp3) is 0. The highest BCUT2D eigenvalue weighted by atomic mass is 35.7. The molecule has 0 atom stereocenters. The molecule has 1 aromatic heterocycles. The van der Waals surface area contributed by atoms with Crippen LogP contribution >= 0.6 is 22.0 Å². The number of thiophene rings is 1. The second kappa shape index (κ2) is 4.36. The second-order valence-electron chi connectivity index (χ2n) is 3.21. The van der Waals surface area contributed by atoms with Crippen molar-refractivity contribution in [2.45, 2.75) is 4.21 Å². The molecule has 0 saturated carbocycles. The zero-order valence-electron chi connectivity index (χ0n) is 8.15. The van der Waals surface area contributed by atoms with Gasteiger partial charge in [0.2, 0.25) is 0 Å². The average Bonchev–Trinajstić information content (AvgIpc) is 2.63. The molecular formula is C10H5ClF2O2S2. The third-order valence-electron chi connectivity index (χ3n) is 1.97. The van der Waals surface area contributed by atoms with Crippen molar-refractivity contribution < 1.29 is 17.2 Å². The zero-order chi connectivity index (χ0) is 12.6. The first-order valence-electron chi connectivity index (χ1n) is 4.37. The maximum absolute atomic E-state index is 13.0. The van der Waals surface area contributed by atoms with Gasteiger partial charge in [-0.25, -0.2) is 17.2 Å². The van der Waals surface area contributed by atoms with Crippen molar-refractivity contribution in [2.24, 2.45) is 0 Å². The fourth-order valence-electron chi connectivity index (χ4n) is 1.30. The minimum Gasteiger partial charge on any atom is -0.207 e. The third-order valence-corrected chi connectivity index (χ3v) is 5.20. The normalized spacial score (nSPS) is 11.7. The van der Waals surface area contributed by atoms with E-state index in [0.717, 1.165) is 29.5 Å². The average molecular weight is 295 g/mol. The van der Waals surface area contributed by atoms with Gasteiger partial charge in [-0.1, -0.05) is 0 Å². The molecule has 0 bridgehead atoms. The van der Waals surface area contributed by atoms with Crippen LogP contribution in [0, 0.1) is 11.6 Å². The van der Waals surface area contributed by atoms with E-state index in [4.69, 9.17) is 10.7 Å². The molecular weight excluding hydrogens is 290 g/mol. The molecule has 0 N–H and O–H groups in total. The second-order valence-corrected chi connectivity index (χ2v) is 7.09. The molecule has 1 heterocycles. The topological polar surface area (TPSA) is 34.1 Å². The molecule has 2 aromatic rings. The highest BCUT2D eigenvalue weighted by molar-refractivity contribution is 8.15. The van der Waals surface area contributed by atoms with Gasteiger partial charge in [-0.2, -0.15) is 0 Å². The molecule has 7 heteroatoms.